The standard InChI is InChI=1S/C14H19N3O2/c18-13(17-12-7-4-8-15-9-12)10-16-14(19)11-5-2-1-3-6-11/h1-3,5-6,12,15H,4,7-10H2,(H,16,19)(H,17,18). The lowest BCUT2D eigenvalue weighted by atomic mass is 10.1. The Balaban J connectivity index is 1.72. The molecule has 0 spiro atoms. The van der Waals surface area contributed by atoms with Crippen LogP contribution in [0.1, 0.15) is 23.2 Å². The van der Waals surface area contributed by atoms with E-state index in [9.17, 15) is 9.59 Å². The van der Waals surface area contributed by atoms with Crippen LogP contribution in [0, 0.1) is 0 Å². The molecule has 2 rings (SSSR count). The first-order valence-electron chi connectivity index (χ1n) is 6.59. The molecule has 1 fully saturated rings. The second-order valence-electron chi connectivity index (χ2n) is 4.66. The van der Waals surface area contributed by atoms with E-state index < -0.39 is 0 Å². The number of benzene rings is 1. The second-order valence-corrected chi connectivity index (χ2v) is 4.66. The minimum Gasteiger partial charge on any atom is -0.351 e. The van der Waals surface area contributed by atoms with Crippen molar-refractivity contribution in [3.8, 4) is 0 Å². The molecule has 0 saturated carbocycles. The molecular weight excluding hydrogens is 242 g/mol. The normalized spacial score (nSPS) is 18.6. The van der Waals surface area contributed by atoms with Crippen molar-refractivity contribution in [2.24, 2.45) is 0 Å². The van der Waals surface area contributed by atoms with Crippen LogP contribution in [0.5, 0.6) is 0 Å². The molecule has 1 aromatic carbocycles. The summed E-state index contributed by atoms with van der Waals surface area (Å²) in [6, 6.07) is 9.05. The zero-order valence-electron chi connectivity index (χ0n) is 10.8. The smallest absolute Gasteiger partial charge is 0.251 e. The first-order chi connectivity index (χ1) is 9.25. The predicted molar refractivity (Wildman–Crippen MR) is 72.8 cm³/mol. The Morgan fingerprint density at radius 3 is 2.74 bits per heavy atom. The molecule has 0 radical (unpaired) electrons. The molecule has 5 nitrogen and oxygen atoms in total. The topological polar surface area (TPSA) is 70.2 Å². The van der Waals surface area contributed by atoms with Gasteiger partial charge in [-0.2, -0.15) is 0 Å². The largest absolute Gasteiger partial charge is 0.351 e. The zero-order chi connectivity index (χ0) is 13.5. The Kier molecular flexibility index (Phi) is 4.92. The summed E-state index contributed by atoms with van der Waals surface area (Å²) in [6.07, 6.45) is 2.06. The molecule has 0 aromatic heterocycles. The summed E-state index contributed by atoms with van der Waals surface area (Å²) in [5.41, 5.74) is 0.564. The molecule has 1 atom stereocenters. The molecule has 1 aromatic rings. The summed E-state index contributed by atoms with van der Waals surface area (Å²) >= 11 is 0. The van der Waals surface area contributed by atoms with Gasteiger partial charge in [0.15, 0.2) is 0 Å². The third-order valence-corrected chi connectivity index (χ3v) is 3.11. The van der Waals surface area contributed by atoms with Crippen molar-refractivity contribution in [1.82, 2.24) is 16.0 Å². The van der Waals surface area contributed by atoms with Crippen LogP contribution in [0.4, 0.5) is 0 Å². The summed E-state index contributed by atoms with van der Waals surface area (Å²) in [5, 5.41) is 8.76. The van der Waals surface area contributed by atoms with Gasteiger partial charge in [-0.05, 0) is 31.5 Å². The van der Waals surface area contributed by atoms with Crippen molar-refractivity contribution in [3.63, 3.8) is 0 Å². The highest BCUT2D eigenvalue weighted by molar-refractivity contribution is 5.96. The van der Waals surface area contributed by atoms with Gasteiger partial charge in [-0.25, -0.2) is 0 Å². The minimum atomic E-state index is -0.225. The van der Waals surface area contributed by atoms with Crippen LogP contribution in [0.25, 0.3) is 0 Å². The lowest BCUT2D eigenvalue weighted by molar-refractivity contribution is -0.120. The molecule has 19 heavy (non-hydrogen) atoms. The lowest BCUT2D eigenvalue weighted by Crippen LogP contribution is -2.48. The first-order valence-corrected chi connectivity index (χ1v) is 6.59. The van der Waals surface area contributed by atoms with Crippen molar-refractivity contribution < 1.29 is 9.59 Å². The summed E-state index contributed by atoms with van der Waals surface area (Å²) in [5.74, 6) is -0.365. The molecule has 1 heterocycles. The molecule has 5 heteroatoms. The Morgan fingerprint density at radius 2 is 2.05 bits per heavy atom. The van der Waals surface area contributed by atoms with Crippen LogP contribution >= 0.6 is 0 Å². The van der Waals surface area contributed by atoms with Gasteiger partial charge in [0.05, 0.1) is 6.54 Å². The molecule has 1 aliphatic heterocycles. The van der Waals surface area contributed by atoms with Gasteiger partial charge in [-0.3, -0.25) is 9.59 Å². The van der Waals surface area contributed by atoms with Crippen LogP contribution in [0.2, 0.25) is 0 Å². The van der Waals surface area contributed by atoms with Crippen molar-refractivity contribution in [2.45, 2.75) is 18.9 Å². The third-order valence-electron chi connectivity index (χ3n) is 3.11. The van der Waals surface area contributed by atoms with Gasteiger partial charge in [0.25, 0.3) is 5.91 Å². The number of piperidine rings is 1. The van der Waals surface area contributed by atoms with E-state index in [0.29, 0.717) is 5.56 Å². The average Bonchev–Trinajstić information content (AvgIpc) is 2.47. The molecular formula is C14H19N3O2. The fourth-order valence-electron chi connectivity index (χ4n) is 2.11. The average molecular weight is 261 g/mol. The van der Waals surface area contributed by atoms with Gasteiger partial charge in [-0.15, -0.1) is 0 Å². The number of hydrogen-bond acceptors (Lipinski definition) is 3. The molecule has 0 aliphatic carbocycles. The van der Waals surface area contributed by atoms with Crippen LogP contribution in [0.3, 0.4) is 0 Å². The molecule has 3 N–H and O–H groups in total. The molecule has 102 valence electrons. The highest BCUT2D eigenvalue weighted by Gasteiger charge is 2.15. The van der Waals surface area contributed by atoms with Crippen molar-refractivity contribution in [3.05, 3.63) is 35.9 Å². The maximum atomic E-state index is 11.7. The Bertz CT molecular complexity index is 428. The van der Waals surface area contributed by atoms with Crippen LogP contribution in [-0.2, 0) is 4.79 Å². The number of nitrogens with one attached hydrogen (secondary N) is 3. The maximum absolute atomic E-state index is 11.7. The summed E-state index contributed by atoms with van der Waals surface area (Å²) in [6.45, 7) is 1.83. The van der Waals surface area contributed by atoms with E-state index in [1.54, 1.807) is 24.3 Å². The van der Waals surface area contributed by atoms with Crippen molar-refractivity contribution >= 4 is 11.8 Å². The van der Waals surface area contributed by atoms with Crippen molar-refractivity contribution in [2.75, 3.05) is 19.6 Å². The van der Waals surface area contributed by atoms with Gasteiger partial charge < -0.3 is 16.0 Å². The van der Waals surface area contributed by atoms with Gasteiger partial charge in [0.1, 0.15) is 0 Å². The molecule has 1 saturated heterocycles. The first kappa shape index (κ1) is 13.5. The molecule has 1 unspecified atom stereocenters. The highest BCUT2D eigenvalue weighted by Crippen LogP contribution is 2.01. The number of carbonyl (C=O) groups excluding carboxylic acids is 2. The highest BCUT2D eigenvalue weighted by atomic mass is 16.2. The lowest BCUT2D eigenvalue weighted by Gasteiger charge is -2.23. The summed E-state index contributed by atoms with van der Waals surface area (Å²) in [7, 11) is 0. The van der Waals surface area contributed by atoms with E-state index in [2.05, 4.69) is 16.0 Å². The van der Waals surface area contributed by atoms with E-state index in [1.807, 2.05) is 6.07 Å². The quantitative estimate of drug-likeness (QED) is 0.729. The zero-order valence-corrected chi connectivity index (χ0v) is 10.8. The predicted octanol–water partition coefficient (Wildman–Crippen LogP) is 0.285. The molecule has 1 aliphatic rings. The number of carbonyl (C=O) groups is 2. The Labute approximate surface area is 112 Å². The van der Waals surface area contributed by atoms with Gasteiger partial charge >= 0.3 is 0 Å². The van der Waals surface area contributed by atoms with Gasteiger partial charge in [0.2, 0.25) is 5.91 Å². The minimum absolute atomic E-state index is 0.0181. The Hall–Kier alpha value is -1.88. The van der Waals surface area contributed by atoms with E-state index in [4.69, 9.17) is 0 Å². The van der Waals surface area contributed by atoms with Crippen LogP contribution < -0.4 is 16.0 Å². The fraction of sp³-hybridized carbons (Fsp3) is 0.429. The number of rotatable bonds is 4. The van der Waals surface area contributed by atoms with Crippen LogP contribution in [-0.4, -0.2) is 37.5 Å². The van der Waals surface area contributed by atoms with E-state index in [0.717, 1.165) is 25.9 Å². The van der Waals surface area contributed by atoms with Crippen molar-refractivity contribution in [1.29, 1.82) is 0 Å². The van der Waals surface area contributed by atoms with E-state index in [1.165, 1.54) is 0 Å². The molecule has 2 amide bonds. The summed E-state index contributed by atoms with van der Waals surface area (Å²) < 4.78 is 0. The maximum Gasteiger partial charge on any atom is 0.251 e. The fourth-order valence-corrected chi connectivity index (χ4v) is 2.11. The van der Waals surface area contributed by atoms with Crippen LogP contribution in [0.15, 0.2) is 30.3 Å². The monoisotopic (exact) mass is 261 g/mol. The third kappa shape index (κ3) is 4.37. The number of hydrogen-bond donors (Lipinski definition) is 3. The Morgan fingerprint density at radius 1 is 1.26 bits per heavy atom. The number of amides is 2. The SMILES string of the molecule is O=C(CNC(=O)c1ccccc1)NC1CCCNC1. The summed E-state index contributed by atoms with van der Waals surface area (Å²) in [4.78, 5) is 23.4. The van der Waals surface area contributed by atoms with E-state index >= 15 is 0 Å². The second kappa shape index (κ2) is 6.89. The van der Waals surface area contributed by atoms with Gasteiger partial charge in [-0.1, -0.05) is 18.2 Å². The van der Waals surface area contributed by atoms with E-state index in [-0.39, 0.29) is 24.4 Å². The molecule has 0 bridgehead atoms. The van der Waals surface area contributed by atoms with Gasteiger partial charge in [0, 0.05) is 18.2 Å².